The van der Waals surface area contributed by atoms with Crippen LogP contribution in [0.5, 0.6) is 11.6 Å². The topological polar surface area (TPSA) is 107 Å². The van der Waals surface area contributed by atoms with Crippen molar-refractivity contribution < 1.29 is 19.0 Å². The van der Waals surface area contributed by atoms with Gasteiger partial charge in [-0.15, -0.1) is 0 Å². The van der Waals surface area contributed by atoms with E-state index in [-0.39, 0.29) is 35.6 Å². The van der Waals surface area contributed by atoms with Crippen molar-refractivity contribution in [3.63, 3.8) is 0 Å². The van der Waals surface area contributed by atoms with Gasteiger partial charge in [0.25, 0.3) is 0 Å². The van der Waals surface area contributed by atoms with Crippen LogP contribution in [0.3, 0.4) is 0 Å². The summed E-state index contributed by atoms with van der Waals surface area (Å²) in [4.78, 5) is 22.2. The number of pyridine rings is 1. The summed E-state index contributed by atoms with van der Waals surface area (Å²) < 4.78 is 25.8. The molecular formula is C38H41FN6O3. The zero-order chi connectivity index (χ0) is 33.5. The van der Waals surface area contributed by atoms with Crippen LogP contribution in [-0.2, 0) is 17.8 Å². The van der Waals surface area contributed by atoms with Crippen molar-refractivity contribution in [2.75, 3.05) is 45.9 Å². The molecule has 2 fully saturated rings. The van der Waals surface area contributed by atoms with Gasteiger partial charge < -0.3 is 24.6 Å². The summed E-state index contributed by atoms with van der Waals surface area (Å²) >= 11 is 0. The fourth-order valence-corrected chi connectivity index (χ4v) is 7.62. The van der Waals surface area contributed by atoms with E-state index in [1.165, 1.54) is 0 Å². The number of hydrogen-bond donors (Lipinski definition) is 2. The predicted octanol–water partition coefficient (Wildman–Crippen LogP) is 6.15. The van der Waals surface area contributed by atoms with Crippen LogP contribution < -0.4 is 10.1 Å². The Morgan fingerprint density at radius 1 is 1.10 bits per heavy atom. The van der Waals surface area contributed by atoms with E-state index in [2.05, 4.69) is 40.8 Å². The minimum Gasteiger partial charge on any atom is -0.508 e. The molecular weight excluding hydrogens is 607 g/mol. The number of aromatic nitrogens is 2. The largest absolute Gasteiger partial charge is 0.508 e. The molecule has 9 nitrogen and oxygen atoms in total. The summed E-state index contributed by atoms with van der Waals surface area (Å²) in [7, 11) is 0. The molecule has 2 aromatic heterocycles. The second-order valence-electron chi connectivity index (χ2n) is 13.0. The number of likely N-dealkylation sites (N-methyl/N-ethyl adjacent to an activating group) is 1. The van der Waals surface area contributed by atoms with Gasteiger partial charge in [-0.1, -0.05) is 38.1 Å². The van der Waals surface area contributed by atoms with Crippen molar-refractivity contribution in [2.24, 2.45) is 5.92 Å². The first-order chi connectivity index (χ1) is 23.3. The third kappa shape index (κ3) is 5.51. The molecule has 0 bridgehead atoms. The molecule has 10 heteroatoms. The number of nitrogens with zero attached hydrogens (tertiary/aromatic N) is 5. The number of nitrogens with one attached hydrogen (secondary N) is 1. The number of halogens is 1. The molecule has 3 aromatic carbocycles. The van der Waals surface area contributed by atoms with Crippen molar-refractivity contribution >= 4 is 38.5 Å². The van der Waals surface area contributed by atoms with E-state index in [0.717, 1.165) is 53.5 Å². The van der Waals surface area contributed by atoms with E-state index >= 15 is 4.39 Å². The number of aryl methyl sites for hydroxylation is 1. The molecule has 5 aromatic rings. The minimum atomic E-state index is -0.517. The lowest BCUT2D eigenvalue weighted by atomic mass is 9.90. The maximum atomic E-state index is 17.4. The Balaban J connectivity index is 1.52. The zero-order valence-electron chi connectivity index (χ0n) is 27.7. The van der Waals surface area contributed by atoms with Gasteiger partial charge in [-0.05, 0) is 78.5 Å². The number of benzene rings is 3. The Hall–Kier alpha value is -4.72. The van der Waals surface area contributed by atoms with E-state index in [1.54, 1.807) is 12.1 Å². The highest BCUT2D eigenvalue weighted by atomic mass is 19.1. The number of phenols is 1. The van der Waals surface area contributed by atoms with Crippen LogP contribution in [-0.4, -0.2) is 76.2 Å². The highest BCUT2D eigenvalue weighted by Crippen LogP contribution is 2.44. The van der Waals surface area contributed by atoms with Crippen molar-refractivity contribution in [1.82, 2.24) is 24.7 Å². The van der Waals surface area contributed by atoms with Gasteiger partial charge in [0.05, 0.1) is 42.7 Å². The highest BCUT2D eigenvalue weighted by Gasteiger charge is 2.33. The SMILES string of the molecule is CCOc1nc2c(F)c(-c3cc(O)cc4ccccc34)c(CCC#N)cc2c2c1cc(CN1CCN(CC)CC1=O)n2C1CNC[C@H]1C. The number of ether oxygens (including phenoxy) is 1. The van der Waals surface area contributed by atoms with Gasteiger partial charge in [-0.25, -0.2) is 9.37 Å². The third-order valence-corrected chi connectivity index (χ3v) is 10.0. The lowest BCUT2D eigenvalue weighted by molar-refractivity contribution is -0.136. The van der Waals surface area contributed by atoms with Crippen LogP contribution in [0.2, 0.25) is 0 Å². The quantitative estimate of drug-likeness (QED) is 0.197. The van der Waals surface area contributed by atoms with Crippen LogP contribution >= 0.6 is 0 Å². The third-order valence-electron chi connectivity index (χ3n) is 10.0. The van der Waals surface area contributed by atoms with Crippen molar-refractivity contribution in [2.45, 2.75) is 46.2 Å². The van der Waals surface area contributed by atoms with E-state index in [1.807, 2.05) is 42.2 Å². The van der Waals surface area contributed by atoms with Crippen LogP contribution in [0.4, 0.5) is 4.39 Å². The molecule has 2 aliphatic heterocycles. The van der Waals surface area contributed by atoms with Gasteiger partial charge >= 0.3 is 0 Å². The number of carbonyl (C=O) groups excluding carboxylic acids is 1. The smallest absolute Gasteiger partial charge is 0.237 e. The summed E-state index contributed by atoms with van der Waals surface area (Å²) in [5, 5.41) is 26.9. The van der Waals surface area contributed by atoms with Gasteiger partial charge in [0, 0.05) is 42.7 Å². The number of carbonyl (C=O) groups is 1. The summed E-state index contributed by atoms with van der Waals surface area (Å²) in [5.74, 6) is 0.237. The van der Waals surface area contributed by atoms with Crippen molar-refractivity contribution in [3.8, 4) is 28.8 Å². The number of amides is 1. The zero-order valence-corrected chi connectivity index (χ0v) is 27.7. The second kappa shape index (κ2) is 13.1. The maximum absolute atomic E-state index is 17.4. The summed E-state index contributed by atoms with van der Waals surface area (Å²) in [6, 6.07) is 17.2. The molecule has 7 rings (SSSR count). The van der Waals surface area contributed by atoms with Gasteiger partial charge in [0.2, 0.25) is 11.8 Å². The fourth-order valence-electron chi connectivity index (χ4n) is 7.62. The average molecular weight is 649 g/mol. The van der Waals surface area contributed by atoms with E-state index in [9.17, 15) is 15.2 Å². The van der Waals surface area contributed by atoms with Crippen molar-refractivity contribution in [1.29, 1.82) is 5.26 Å². The first kappa shape index (κ1) is 31.9. The summed E-state index contributed by atoms with van der Waals surface area (Å²) in [5.41, 5.74) is 3.50. The number of fused-ring (bicyclic) bond motifs is 4. The molecule has 2 saturated heterocycles. The molecule has 4 heterocycles. The lowest BCUT2D eigenvalue weighted by Crippen LogP contribution is -2.49. The van der Waals surface area contributed by atoms with Crippen LogP contribution in [0.1, 0.15) is 44.5 Å². The van der Waals surface area contributed by atoms with E-state index in [4.69, 9.17) is 9.72 Å². The molecule has 0 aliphatic carbocycles. The van der Waals surface area contributed by atoms with Gasteiger partial charge in [-0.3, -0.25) is 9.69 Å². The van der Waals surface area contributed by atoms with E-state index < -0.39 is 5.82 Å². The Kier molecular flexibility index (Phi) is 8.67. The molecule has 0 radical (unpaired) electrons. The number of piperazine rings is 1. The minimum absolute atomic E-state index is 0.0309. The highest BCUT2D eigenvalue weighted by molar-refractivity contribution is 6.10. The number of rotatable bonds is 9. The lowest BCUT2D eigenvalue weighted by Gasteiger charge is -2.34. The first-order valence-electron chi connectivity index (χ1n) is 16.9. The van der Waals surface area contributed by atoms with Gasteiger partial charge in [0.1, 0.15) is 11.3 Å². The Morgan fingerprint density at radius 2 is 1.94 bits per heavy atom. The van der Waals surface area contributed by atoms with Gasteiger partial charge in [-0.2, -0.15) is 5.26 Å². The normalized spacial score (nSPS) is 18.7. The van der Waals surface area contributed by atoms with E-state index in [0.29, 0.717) is 60.6 Å². The molecule has 1 unspecified atom stereocenters. The van der Waals surface area contributed by atoms with Crippen LogP contribution in [0.25, 0.3) is 43.7 Å². The van der Waals surface area contributed by atoms with Crippen molar-refractivity contribution in [3.05, 3.63) is 65.6 Å². The maximum Gasteiger partial charge on any atom is 0.237 e. The monoisotopic (exact) mass is 648 g/mol. The molecule has 2 aliphatic rings. The standard InChI is InChI=1S/C38H41FN6O3/c1-4-43-13-14-44(33(47)22-43)21-26-17-31-37(45(26)32-20-41-19-23(32)3)30-16-25(10-8-12-40)34(35(39)36(30)42-38(31)48-5-2)29-18-27(46)15-24-9-6-7-11-28(24)29/h6-7,9,11,15-18,23,32,41,46H,4-5,8,10,13-14,19-22H2,1-3H3/t23-,32?/m1/s1. The number of aromatic hydroxyl groups is 1. The number of phenolic OH excluding ortho intramolecular Hbond substituents is 1. The average Bonchev–Trinajstić information content (AvgIpc) is 3.67. The van der Waals surface area contributed by atoms with Crippen LogP contribution in [0, 0.1) is 23.1 Å². The summed E-state index contributed by atoms with van der Waals surface area (Å²) in [6.45, 7) is 11.2. The Morgan fingerprint density at radius 3 is 2.67 bits per heavy atom. The Bertz CT molecular complexity index is 2090. The fraction of sp³-hybridized carbons (Fsp3) is 0.395. The second-order valence-corrected chi connectivity index (χ2v) is 13.0. The number of nitriles is 1. The van der Waals surface area contributed by atoms with Crippen LogP contribution in [0.15, 0.2) is 48.5 Å². The predicted molar refractivity (Wildman–Crippen MR) is 186 cm³/mol. The molecule has 48 heavy (non-hydrogen) atoms. The number of hydrogen-bond acceptors (Lipinski definition) is 7. The first-order valence-corrected chi connectivity index (χ1v) is 16.9. The molecule has 0 spiro atoms. The summed E-state index contributed by atoms with van der Waals surface area (Å²) in [6.07, 6.45) is 0.520. The molecule has 248 valence electrons. The Labute approximate surface area is 279 Å². The molecule has 0 saturated carbocycles. The van der Waals surface area contributed by atoms with Gasteiger partial charge in [0.15, 0.2) is 5.82 Å². The molecule has 1 amide bonds. The molecule has 2 atom stereocenters. The molecule has 2 N–H and O–H groups in total.